The lowest BCUT2D eigenvalue weighted by atomic mass is 10.1. The number of hydrogen-bond acceptors (Lipinski definition) is 4. The normalized spacial score (nSPS) is 11.6. The summed E-state index contributed by atoms with van der Waals surface area (Å²) >= 11 is 1.34. The molecule has 0 saturated heterocycles. The van der Waals surface area contributed by atoms with E-state index in [9.17, 15) is 9.59 Å². The van der Waals surface area contributed by atoms with Crippen LogP contribution >= 0.6 is 11.8 Å². The molecular formula is C22H22N2O3S. The van der Waals surface area contributed by atoms with Gasteiger partial charge in [0, 0.05) is 4.90 Å². The number of rotatable bonds is 8. The van der Waals surface area contributed by atoms with Crippen LogP contribution in [0.1, 0.15) is 34.6 Å². The van der Waals surface area contributed by atoms with E-state index in [0.717, 1.165) is 10.5 Å². The van der Waals surface area contributed by atoms with Gasteiger partial charge in [0.1, 0.15) is 5.76 Å². The summed E-state index contributed by atoms with van der Waals surface area (Å²) in [7, 11) is 0. The highest BCUT2D eigenvalue weighted by Crippen LogP contribution is 2.23. The summed E-state index contributed by atoms with van der Waals surface area (Å²) in [6, 6.07) is 20.6. The first-order chi connectivity index (χ1) is 13.6. The number of thioether (sulfide) groups is 1. The highest BCUT2D eigenvalue weighted by molar-refractivity contribution is 8.00. The van der Waals surface area contributed by atoms with Gasteiger partial charge in [0.2, 0.25) is 5.91 Å². The van der Waals surface area contributed by atoms with E-state index in [0.29, 0.717) is 17.9 Å². The number of benzene rings is 2. The van der Waals surface area contributed by atoms with Gasteiger partial charge in [-0.05, 0) is 36.8 Å². The predicted octanol–water partition coefficient (Wildman–Crippen LogP) is 4.18. The van der Waals surface area contributed by atoms with Crippen LogP contribution in [0.3, 0.4) is 0 Å². The molecule has 2 N–H and O–H groups in total. The highest BCUT2D eigenvalue weighted by Gasteiger charge is 2.15. The molecular weight excluding hydrogens is 372 g/mol. The number of carbonyl (C=O) groups is 2. The molecule has 0 aliphatic rings. The Kier molecular flexibility index (Phi) is 6.92. The van der Waals surface area contributed by atoms with Gasteiger partial charge in [-0.25, -0.2) is 0 Å². The Bertz CT molecular complexity index is 911. The summed E-state index contributed by atoms with van der Waals surface area (Å²) in [5, 5.41) is 5.82. The first-order valence-electron chi connectivity index (χ1n) is 9.00. The fraction of sp³-hybridized carbons (Fsp3) is 0.182. The average molecular weight is 394 g/mol. The van der Waals surface area contributed by atoms with Gasteiger partial charge < -0.3 is 15.1 Å². The van der Waals surface area contributed by atoms with Crippen molar-refractivity contribution in [2.75, 3.05) is 5.75 Å². The Morgan fingerprint density at radius 1 is 1.00 bits per heavy atom. The van der Waals surface area contributed by atoms with Crippen LogP contribution in [-0.2, 0) is 11.3 Å². The minimum atomic E-state index is -0.157. The molecule has 0 radical (unpaired) electrons. The molecule has 0 aliphatic carbocycles. The molecule has 0 bridgehead atoms. The van der Waals surface area contributed by atoms with Gasteiger partial charge in [0.05, 0.1) is 30.2 Å². The molecule has 2 amide bonds. The molecule has 0 spiro atoms. The van der Waals surface area contributed by atoms with E-state index in [2.05, 4.69) is 10.6 Å². The van der Waals surface area contributed by atoms with Crippen molar-refractivity contribution in [2.45, 2.75) is 24.4 Å². The second kappa shape index (κ2) is 9.80. The minimum Gasteiger partial charge on any atom is -0.467 e. The van der Waals surface area contributed by atoms with Gasteiger partial charge in [0.15, 0.2) is 0 Å². The standard InChI is InChI=1S/C22H22N2O3S/c1-16(17-8-3-2-4-9-17)24-22(26)19-11-5-6-12-20(19)28-15-21(25)23-14-18-10-7-13-27-18/h2-13,16H,14-15H2,1H3,(H,23,25)(H,24,26)/t16-/m1/s1. The van der Waals surface area contributed by atoms with E-state index in [1.807, 2.05) is 55.5 Å². The fourth-order valence-electron chi connectivity index (χ4n) is 2.67. The first kappa shape index (κ1) is 19.8. The van der Waals surface area contributed by atoms with Gasteiger partial charge in [-0.15, -0.1) is 11.8 Å². The molecule has 1 atom stereocenters. The van der Waals surface area contributed by atoms with Crippen molar-refractivity contribution in [2.24, 2.45) is 0 Å². The summed E-state index contributed by atoms with van der Waals surface area (Å²) in [6.07, 6.45) is 1.57. The van der Waals surface area contributed by atoms with Gasteiger partial charge in [-0.2, -0.15) is 0 Å². The Labute approximate surface area is 168 Å². The highest BCUT2D eigenvalue weighted by atomic mass is 32.2. The van der Waals surface area contributed by atoms with E-state index in [1.165, 1.54) is 11.8 Å². The van der Waals surface area contributed by atoms with Crippen LogP contribution in [0.5, 0.6) is 0 Å². The smallest absolute Gasteiger partial charge is 0.252 e. The molecule has 0 saturated carbocycles. The van der Waals surface area contributed by atoms with Crippen LogP contribution in [0.15, 0.2) is 82.3 Å². The van der Waals surface area contributed by atoms with E-state index >= 15 is 0 Å². The van der Waals surface area contributed by atoms with Crippen molar-refractivity contribution in [1.82, 2.24) is 10.6 Å². The monoisotopic (exact) mass is 394 g/mol. The van der Waals surface area contributed by atoms with E-state index in [4.69, 9.17) is 4.42 Å². The Hall–Kier alpha value is -2.99. The van der Waals surface area contributed by atoms with E-state index in [1.54, 1.807) is 24.5 Å². The topological polar surface area (TPSA) is 71.3 Å². The third-order valence-corrected chi connectivity index (χ3v) is 5.25. The summed E-state index contributed by atoms with van der Waals surface area (Å²) in [4.78, 5) is 25.6. The number of carbonyl (C=O) groups excluding carboxylic acids is 2. The number of nitrogens with one attached hydrogen (secondary N) is 2. The quantitative estimate of drug-likeness (QED) is 0.562. The van der Waals surface area contributed by atoms with Crippen molar-refractivity contribution in [3.8, 4) is 0 Å². The van der Waals surface area contributed by atoms with Crippen LogP contribution in [0.4, 0.5) is 0 Å². The second-order valence-corrected chi connectivity index (χ2v) is 7.26. The molecule has 28 heavy (non-hydrogen) atoms. The molecule has 0 aliphatic heterocycles. The molecule has 6 heteroatoms. The van der Waals surface area contributed by atoms with Crippen LogP contribution < -0.4 is 10.6 Å². The molecule has 3 aromatic rings. The zero-order valence-corrected chi connectivity index (χ0v) is 16.4. The first-order valence-corrected chi connectivity index (χ1v) is 9.99. The molecule has 0 fully saturated rings. The van der Waals surface area contributed by atoms with Crippen molar-refractivity contribution >= 4 is 23.6 Å². The third kappa shape index (κ3) is 5.50. The second-order valence-electron chi connectivity index (χ2n) is 6.25. The number of furan rings is 1. The lowest BCUT2D eigenvalue weighted by Gasteiger charge is -2.16. The molecule has 2 aromatic carbocycles. The lowest BCUT2D eigenvalue weighted by Crippen LogP contribution is -2.27. The van der Waals surface area contributed by atoms with Gasteiger partial charge in [-0.3, -0.25) is 9.59 Å². The van der Waals surface area contributed by atoms with Crippen LogP contribution in [0, 0.1) is 0 Å². The van der Waals surface area contributed by atoms with Crippen molar-refractivity contribution in [1.29, 1.82) is 0 Å². The molecule has 0 unspecified atom stereocenters. The fourth-order valence-corrected chi connectivity index (χ4v) is 3.55. The van der Waals surface area contributed by atoms with Crippen LogP contribution in [0.25, 0.3) is 0 Å². The van der Waals surface area contributed by atoms with Crippen LogP contribution in [-0.4, -0.2) is 17.6 Å². The van der Waals surface area contributed by atoms with Gasteiger partial charge in [-0.1, -0.05) is 42.5 Å². The summed E-state index contributed by atoms with van der Waals surface area (Å²) in [5.74, 6) is 0.650. The zero-order valence-electron chi connectivity index (χ0n) is 15.6. The summed E-state index contributed by atoms with van der Waals surface area (Å²) < 4.78 is 5.20. The predicted molar refractivity (Wildman–Crippen MR) is 110 cm³/mol. The van der Waals surface area contributed by atoms with Gasteiger partial charge >= 0.3 is 0 Å². The Morgan fingerprint density at radius 3 is 2.50 bits per heavy atom. The molecule has 3 rings (SSSR count). The summed E-state index contributed by atoms with van der Waals surface area (Å²) in [6.45, 7) is 2.30. The molecule has 144 valence electrons. The van der Waals surface area contributed by atoms with Crippen LogP contribution in [0.2, 0.25) is 0 Å². The maximum Gasteiger partial charge on any atom is 0.252 e. The number of hydrogen-bond donors (Lipinski definition) is 2. The largest absolute Gasteiger partial charge is 0.467 e. The van der Waals surface area contributed by atoms with Gasteiger partial charge in [0.25, 0.3) is 5.91 Å². The SMILES string of the molecule is C[C@@H](NC(=O)c1ccccc1SCC(=O)NCc1ccco1)c1ccccc1. The summed E-state index contributed by atoms with van der Waals surface area (Å²) in [5.41, 5.74) is 1.60. The maximum atomic E-state index is 12.7. The van der Waals surface area contributed by atoms with Crippen molar-refractivity contribution in [3.05, 3.63) is 89.9 Å². The third-order valence-electron chi connectivity index (χ3n) is 4.18. The van der Waals surface area contributed by atoms with Crippen molar-refractivity contribution in [3.63, 3.8) is 0 Å². The molecule has 5 nitrogen and oxygen atoms in total. The number of amides is 2. The Morgan fingerprint density at radius 2 is 1.75 bits per heavy atom. The van der Waals surface area contributed by atoms with E-state index < -0.39 is 0 Å². The molecule has 1 aromatic heterocycles. The average Bonchev–Trinajstić information content (AvgIpc) is 3.25. The van der Waals surface area contributed by atoms with Crippen molar-refractivity contribution < 1.29 is 14.0 Å². The van der Waals surface area contributed by atoms with E-state index in [-0.39, 0.29) is 23.6 Å². The minimum absolute atomic E-state index is 0.108. The Balaban J connectivity index is 1.57. The lowest BCUT2D eigenvalue weighted by molar-refractivity contribution is -0.118. The zero-order chi connectivity index (χ0) is 19.8. The maximum absolute atomic E-state index is 12.7. The molecule has 1 heterocycles.